The third-order valence-electron chi connectivity index (χ3n) is 4.04. The number of ether oxygens (including phenoxy) is 1. The SMILES string of the molecule is O=P(O)(O)OP(=O)(O)OP(=O)(O)O[C@H]1C[C@@H](n2ccc3cc(F)ccc32)O[C@@H]1CO. The molecule has 1 aliphatic rings. The molecule has 5 atom stereocenters. The topological polar surface area (TPSA) is 194 Å². The first-order valence-corrected chi connectivity index (χ1v) is 12.7. The number of benzene rings is 1. The first-order chi connectivity index (χ1) is 13.8. The Morgan fingerprint density at radius 3 is 2.43 bits per heavy atom. The van der Waals surface area contributed by atoms with Gasteiger partial charge in [0.25, 0.3) is 0 Å². The zero-order chi connectivity index (χ0) is 22.3. The summed E-state index contributed by atoms with van der Waals surface area (Å²) in [6, 6.07) is 5.59. The van der Waals surface area contributed by atoms with Gasteiger partial charge in [-0.05, 0) is 24.3 Å². The van der Waals surface area contributed by atoms with Gasteiger partial charge >= 0.3 is 23.5 Å². The Balaban J connectivity index is 1.75. The van der Waals surface area contributed by atoms with Crippen LogP contribution in [-0.4, -0.2) is 48.1 Å². The zero-order valence-corrected chi connectivity index (χ0v) is 17.5. The van der Waals surface area contributed by atoms with Gasteiger partial charge in [0.15, 0.2) is 0 Å². The van der Waals surface area contributed by atoms with Gasteiger partial charge in [-0.3, -0.25) is 4.52 Å². The highest BCUT2D eigenvalue weighted by atomic mass is 31.3. The molecule has 13 nitrogen and oxygen atoms in total. The molecule has 17 heteroatoms. The van der Waals surface area contributed by atoms with E-state index in [0.29, 0.717) is 10.9 Å². The van der Waals surface area contributed by atoms with Crippen molar-refractivity contribution >= 4 is 34.4 Å². The summed E-state index contributed by atoms with van der Waals surface area (Å²) < 4.78 is 66.8. The third-order valence-corrected chi connectivity index (χ3v) is 7.90. The first kappa shape index (κ1) is 23.7. The van der Waals surface area contributed by atoms with Gasteiger partial charge in [0.2, 0.25) is 0 Å². The van der Waals surface area contributed by atoms with Crippen molar-refractivity contribution in [3.63, 3.8) is 0 Å². The normalized spacial score (nSPS) is 26.5. The molecule has 1 fully saturated rings. The molecule has 2 unspecified atom stereocenters. The van der Waals surface area contributed by atoms with Crippen LogP contribution in [0.4, 0.5) is 4.39 Å². The van der Waals surface area contributed by atoms with Crippen LogP contribution in [0.25, 0.3) is 10.9 Å². The van der Waals surface area contributed by atoms with Crippen LogP contribution in [0.15, 0.2) is 30.5 Å². The van der Waals surface area contributed by atoms with Gasteiger partial charge in [0.1, 0.15) is 24.3 Å². The van der Waals surface area contributed by atoms with E-state index in [0.717, 1.165) is 0 Å². The second kappa shape index (κ2) is 8.51. The molecule has 0 amide bonds. The quantitative estimate of drug-likeness (QED) is 0.337. The van der Waals surface area contributed by atoms with Crippen LogP contribution in [0, 0.1) is 5.82 Å². The monoisotopic (exact) mass is 491 g/mol. The van der Waals surface area contributed by atoms with E-state index in [1.807, 2.05) is 0 Å². The van der Waals surface area contributed by atoms with Crippen LogP contribution < -0.4 is 0 Å². The molecule has 1 saturated heterocycles. The summed E-state index contributed by atoms with van der Waals surface area (Å²) in [7, 11) is -16.6. The lowest BCUT2D eigenvalue weighted by molar-refractivity contribution is -0.0421. The van der Waals surface area contributed by atoms with Crippen LogP contribution in [0.2, 0.25) is 0 Å². The maximum Gasteiger partial charge on any atom is 0.490 e. The van der Waals surface area contributed by atoms with Crippen molar-refractivity contribution in [2.45, 2.75) is 24.9 Å². The molecule has 0 spiro atoms. The largest absolute Gasteiger partial charge is 0.490 e. The van der Waals surface area contributed by atoms with Gasteiger partial charge in [0.05, 0.1) is 12.1 Å². The summed E-state index contributed by atoms with van der Waals surface area (Å²) in [4.78, 5) is 36.0. The fourth-order valence-corrected chi connectivity index (χ4v) is 6.23. The van der Waals surface area contributed by atoms with Crippen LogP contribution in [0.1, 0.15) is 12.6 Å². The number of aliphatic hydroxyl groups is 1. The molecular formula is C13H17FNO12P3. The molecule has 3 rings (SSSR count). The summed E-state index contributed by atoms with van der Waals surface area (Å²) in [5.74, 6) is -0.452. The summed E-state index contributed by atoms with van der Waals surface area (Å²) in [5, 5.41) is 10.0. The molecule has 0 saturated carbocycles. The lowest BCUT2D eigenvalue weighted by atomic mass is 10.2. The number of aliphatic hydroxyl groups excluding tert-OH is 1. The van der Waals surface area contributed by atoms with E-state index in [1.54, 1.807) is 16.8 Å². The molecule has 2 heterocycles. The summed E-state index contributed by atoms with van der Waals surface area (Å²) in [6.07, 6.45) is -1.85. The Kier molecular flexibility index (Phi) is 6.72. The number of halogens is 1. The summed E-state index contributed by atoms with van der Waals surface area (Å²) in [5.41, 5.74) is 0.567. The number of aromatic nitrogens is 1. The fraction of sp³-hybridized carbons (Fsp3) is 0.385. The van der Waals surface area contributed by atoms with E-state index in [-0.39, 0.29) is 6.42 Å². The highest BCUT2D eigenvalue weighted by Crippen LogP contribution is 2.67. The van der Waals surface area contributed by atoms with E-state index in [9.17, 15) is 33.0 Å². The Morgan fingerprint density at radius 1 is 1.10 bits per heavy atom. The average Bonchev–Trinajstić information content (AvgIpc) is 3.13. The average molecular weight is 491 g/mol. The van der Waals surface area contributed by atoms with E-state index >= 15 is 0 Å². The smallest absolute Gasteiger partial charge is 0.394 e. The number of fused-ring (bicyclic) bond motifs is 1. The van der Waals surface area contributed by atoms with Gasteiger partial charge in [-0.25, -0.2) is 18.1 Å². The molecule has 1 aromatic heterocycles. The van der Waals surface area contributed by atoms with Gasteiger partial charge in [0, 0.05) is 18.0 Å². The number of rotatable bonds is 8. The van der Waals surface area contributed by atoms with Gasteiger partial charge in [-0.15, -0.1) is 0 Å². The number of phosphoric ester groups is 1. The van der Waals surface area contributed by atoms with Crippen LogP contribution in [0.3, 0.4) is 0 Å². The molecule has 0 aliphatic carbocycles. The lowest BCUT2D eigenvalue weighted by Gasteiger charge is -2.21. The molecule has 2 aromatic rings. The van der Waals surface area contributed by atoms with E-state index in [4.69, 9.17) is 19.0 Å². The molecule has 5 N–H and O–H groups in total. The van der Waals surface area contributed by atoms with Crippen molar-refractivity contribution < 1.29 is 60.6 Å². The molecule has 0 bridgehead atoms. The Labute approximate surface area is 168 Å². The van der Waals surface area contributed by atoms with Gasteiger partial charge < -0.3 is 34.0 Å². The summed E-state index contributed by atoms with van der Waals surface area (Å²) in [6.45, 7) is -0.662. The Morgan fingerprint density at radius 2 is 1.80 bits per heavy atom. The maximum absolute atomic E-state index is 13.4. The number of hydrogen-bond donors (Lipinski definition) is 5. The van der Waals surface area contributed by atoms with Crippen molar-refractivity contribution in [2.24, 2.45) is 0 Å². The van der Waals surface area contributed by atoms with Crippen LogP contribution in [-0.2, 0) is 31.6 Å². The Hall–Kier alpha value is -0.980. The van der Waals surface area contributed by atoms with E-state index in [1.165, 1.54) is 18.2 Å². The van der Waals surface area contributed by atoms with Crippen molar-refractivity contribution in [3.8, 4) is 0 Å². The number of phosphoric acid groups is 3. The summed E-state index contributed by atoms with van der Waals surface area (Å²) >= 11 is 0. The van der Waals surface area contributed by atoms with Crippen LogP contribution >= 0.6 is 23.5 Å². The van der Waals surface area contributed by atoms with Crippen molar-refractivity contribution in [3.05, 3.63) is 36.3 Å². The minimum Gasteiger partial charge on any atom is -0.394 e. The third kappa shape index (κ3) is 5.83. The second-order valence-corrected chi connectivity index (χ2v) is 10.6. The molecule has 1 aromatic carbocycles. The zero-order valence-electron chi connectivity index (χ0n) is 14.8. The van der Waals surface area contributed by atoms with Crippen molar-refractivity contribution in [1.29, 1.82) is 0 Å². The fourth-order valence-electron chi connectivity index (χ4n) is 3.00. The second-order valence-electron chi connectivity index (χ2n) is 6.21. The standard InChI is InChI=1S/C13H17FNO12P3/c14-9-1-2-10-8(5-9)3-4-15(10)13-6-11(12(7-16)24-13)25-29(20,21)27-30(22,23)26-28(17,18)19/h1-5,11-13,16H,6-7H2,(H,20,21)(H,22,23)(H2,17,18,19)/t11-,12+,13-/m0/s1. The minimum atomic E-state index is -5.67. The van der Waals surface area contributed by atoms with Crippen molar-refractivity contribution in [2.75, 3.05) is 6.61 Å². The Bertz CT molecular complexity index is 1070. The predicted octanol–water partition coefficient (Wildman–Crippen LogP) is 1.77. The molecule has 0 radical (unpaired) electrons. The van der Waals surface area contributed by atoms with Gasteiger partial charge in [-0.2, -0.15) is 8.62 Å². The highest BCUT2D eigenvalue weighted by Gasteiger charge is 2.46. The van der Waals surface area contributed by atoms with Crippen molar-refractivity contribution in [1.82, 2.24) is 4.57 Å². The molecule has 168 valence electrons. The molecule has 1 aliphatic heterocycles. The van der Waals surface area contributed by atoms with E-state index in [2.05, 4.69) is 8.62 Å². The lowest BCUT2D eigenvalue weighted by Crippen LogP contribution is -2.27. The number of hydrogen-bond acceptors (Lipinski definition) is 8. The van der Waals surface area contributed by atoms with Crippen LogP contribution in [0.5, 0.6) is 0 Å². The highest BCUT2D eigenvalue weighted by molar-refractivity contribution is 7.66. The maximum atomic E-state index is 13.4. The van der Waals surface area contributed by atoms with Gasteiger partial charge in [-0.1, -0.05) is 0 Å². The minimum absolute atomic E-state index is 0.130. The van der Waals surface area contributed by atoms with E-state index < -0.39 is 54.3 Å². The molecule has 30 heavy (non-hydrogen) atoms. The first-order valence-electron chi connectivity index (χ1n) is 8.13. The molecular weight excluding hydrogens is 474 g/mol. The number of nitrogens with zero attached hydrogens (tertiary/aromatic N) is 1. The predicted molar refractivity (Wildman–Crippen MR) is 96.2 cm³/mol.